The van der Waals surface area contributed by atoms with Crippen molar-refractivity contribution < 1.29 is 13.2 Å². The van der Waals surface area contributed by atoms with Gasteiger partial charge in [0.1, 0.15) is 5.69 Å². The number of pyridine rings is 1. The molecule has 2 bridgehead atoms. The number of nitrogens with one attached hydrogen (secondary N) is 1. The normalized spacial score (nSPS) is 27.8. The second-order valence-electron chi connectivity index (χ2n) is 5.93. The molecule has 2 fully saturated rings. The molecule has 2 heterocycles. The van der Waals surface area contributed by atoms with E-state index in [9.17, 15) is 13.2 Å². The number of halogens is 3. The van der Waals surface area contributed by atoms with E-state index in [0.29, 0.717) is 35.7 Å². The molecule has 2 aliphatic rings. The number of piperidine rings is 1. The number of alkyl halides is 3. The molecule has 1 saturated carbocycles. The van der Waals surface area contributed by atoms with E-state index in [2.05, 4.69) is 10.3 Å². The van der Waals surface area contributed by atoms with Crippen LogP contribution in [0.15, 0.2) is 18.3 Å². The lowest BCUT2D eigenvalue weighted by Gasteiger charge is -2.39. The number of aromatic nitrogens is 1. The van der Waals surface area contributed by atoms with Crippen LogP contribution >= 0.6 is 12.2 Å². The fraction of sp³-hybridized carbons (Fsp3) is 0.571. The third-order valence-corrected chi connectivity index (χ3v) is 4.66. The Labute approximate surface area is 131 Å². The maximum Gasteiger partial charge on any atom is 0.433 e. The van der Waals surface area contributed by atoms with Crippen LogP contribution in [-0.2, 0) is 6.18 Å². The van der Waals surface area contributed by atoms with Gasteiger partial charge in [-0.15, -0.1) is 0 Å². The zero-order valence-electron chi connectivity index (χ0n) is 11.8. The third kappa shape index (κ3) is 2.97. The molecule has 0 amide bonds. The van der Waals surface area contributed by atoms with E-state index in [1.165, 1.54) is 6.20 Å². The Kier molecular flexibility index (Phi) is 3.88. The van der Waals surface area contributed by atoms with Crippen molar-refractivity contribution in [1.82, 2.24) is 10.3 Å². The molecule has 1 aliphatic heterocycles. The van der Waals surface area contributed by atoms with Gasteiger partial charge in [-0.1, -0.05) is 0 Å². The molecule has 3 atom stereocenters. The average molecular weight is 330 g/mol. The standard InChI is InChI=1S/C14H17F3N4S/c15-14(16,17)11-5-10(3-4-19-11)21-6-8-1-2-9(7-21)12(8)20-13(18)22/h3-5,8-9,12H,1-2,6-7H2,(H3,18,20,22)/t8-,9+,12?. The summed E-state index contributed by atoms with van der Waals surface area (Å²) in [5.41, 5.74) is 5.29. The maximum absolute atomic E-state index is 12.8. The molecule has 8 heteroatoms. The first-order valence-corrected chi connectivity index (χ1v) is 7.59. The van der Waals surface area contributed by atoms with E-state index in [1.807, 2.05) is 4.90 Å². The SMILES string of the molecule is NC(=S)NC1[C@@H]2CC[C@H]1CN(c1ccnc(C(F)(F)F)c1)C2. The van der Waals surface area contributed by atoms with E-state index < -0.39 is 11.9 Å². The summed E-state index contributed by atoms with van der Waals surface area (Å²) in [4.78, 5) is 5.43. The highest BCUT2D eigenvalue weighted by Gasteiger charge is 2.42. The summed E-state index contributed by atoms with van der Waals surface area (Å²) in [7, 11) is 0. The monoisotopic (exact) mass is 330 g/mol. The van der Waals surface area contributed by atoms with Gasteiger partial charge >= 0.3 is 6.18 Å². The van der Waals surface area contributed by atoms with Crippen molar-refractivity contribution in [3.63, 3.8) is 0 Å². The second-order valence-corrected chi connectivity index (χ2v) is 6.37. The Morgan fingerprint density at radius 3 is 2.50 bits per heavy atom. The largest absolute Gasteiger partial charge is 0.433 e. The van der Waals surface area contributed by atoms with Gasteiger partial charge in [-0.3, -0.25) is 4.98 Å². The molecule has 1 unspecified atom stereocenters. The van der Waals surface area contributed by atoms with E-state index >= 15 is 0 Å². The van der Waals surface area contributed by atoms with Gasteiger partial charge in [-0.05, 0) is 49.0 Å². The topological polar surface area (TPSA) is 54.2 Å². The predicted octanol–water partition coefficient (Wildman–Crippen LogP) is 2.15. The molecule has 120 valence electrons. The number of nitrogens with two attached hydrogens (primary N) is 1. The van der Waals surface area contributed by atoms with Crippen LogP contribution in [0.25, 0.3) is 0 Å². The number of hydrogen-bond acceptors (Lipinski definition) is 3. The average Bonchev–Trinajstić information content (AvgIpc) is 2.69. The van der Waals surface area contributed by atoms with Crippen LogP contribution in [0.1, 0.15) is 18.5 Å². The number of anilines is 1. The number of hydrogen-bond donors (Lipinski definition) is 2. The molecule has 0 radical (unpaired) electrons. The van der Waals surface area contributed by atoms with Crippen LogP contribution in [0.4, 0.5) is 18.9 Å². The van der Waals surface area contributed by atoms with Gasteiger partial charge in [0.15, 0.2) is 5.11 Å². The Hall–Kier alpha value is -1.57. The first kappa shape index (κ1) is 15.3. The lowest BCUT2D eigenvalue weighted by molar-refractivity contribution is -0.141. The third-order valence-electron chi connectivity index (χ3n) is 4.54. The molecule has 3 rings (SSSR count). The van der Waals surface area contributed by atoms with Gasteiger partial charge in [0.2, 0.25) is 0 Å². The van der Waals surface area contributed by atoms with Gasteiger partial charge in [0.25, 0.3) is 0 Å². The molecule has 1 saturated heterocycles. The van der Waals surface area contributed by atoms with Crippen molar-refractivity contribution in [1.29, 1.82) is 0 Å². The van der Waals surface area contributed by atoms with Gasteiger partial charge in [-0.25, -0.2) is 0 Å². The van der Waals surface area contributed by atoms with Crippen LogP contribution in [0.2, 0.25) is 0 Å². The smallest absolute Gasteiger partial charge is 0.376 e. The minimum atomic E-state index is -4.42. The van der Waals surface area contributed by atoms with E-state index in [0.717, 1.165) is 18.9 Å². The number of rotatable bonds is 2. The van der Waals surface area contributed by atoms with Crippen LogP contribution in [0, 0.1) is 11.8 Å². The molecular formula is C14H17F3N4S. The van der Waals surface area contributed by atoms with Gasteiger partial charge in [0, 0.05) is 31.0 Å². The quantitative estimate of drug-likeness (QED) is 0.814. The van der Waals surface area contributed by atoms with Crippen molar-refractivity contribution in [3.05, 3.63) is 24.0 Å². The maximum atomic E-state index is 12.8. The van der Waals surface area contributed by atoms with E-state index in [1.54, 1.807) is 6.07 Å². The number of nitrogens with zero attached hydrogens (tertiary/aromatic N) is 2. The molecule has 0 aromatic carbocycles. The van der Waals surface area contributed by atoms with Crippen molar-refractivity contribution in [2.45, 2.75) is 25.1 Å². The minimum Gasteiger partial charge on any atom is -0.376 e. The molecule has 1 aromatic rings. The zero-order chi connectivity index (χ0) is 15.9. The Bertz CT molecular complexity index is 563. The van der Waals surface area contributed by atoms with Gasteiger partial charge in [-0.2, -0.15) is 13.2 Å². The zero-order valence-corrected chi connectivity index (χ0v) is 12.6. The van der Waals surface area contributed by atoms with E-state index in [4.69, 9.17) is 18.0 Å². The Balaban J connectivity index is 1.77. The van der Waals surface area contributed by atoms with Gasteiger partial charge < -0.3 is 16.0 Å². The lowest BCUT2D eigenvalue weighted by Crippen LogP contribution is -2.53. The van der Waals surface area contributed by atoms with Crippen LogP contribution in [0.5, 0.6) is 0 Å². The molecule has 1 aromatic heterocycles. The number of thiocarbonyl (C=S) groups is 1. The van der Waals surface area contributed by atoms with Crippen LogP contribution < -0.4 is 16.0 Å². The van der Waals surface area contributed by atoms with Crippen LogP contribution in [0.3, 0.4) is 0 Å². The Morgan fingerprint density at radius 2 is 1.95 bits per heavy atom. The highest BCUT2D eigenvalue weighted by molar-refractivity contribution is 7.80. The summed E-state index contributed by atoms with van der Waals surface area (Å²) in [5, 5.41) is 3.43. The number of fused-ring (bicyclic) bond motifs is 2. The molecule has 22 heavy (non-hydrogen) atoms. The van der Waals surface area contributed by atoms with Crippen LogP contribution in [-0.4, -0.2) is 29.2 Å². The first-order chi connectivity index (χ1) is 10.3. The molecule has 1 aliphatic carbocycles. The van der Waals surface area contributed by atoms with Gasteiger partial charge in [0.05, 0.1) is 0 Å². The summed E-state index contributed by atoms with van der Waals surface area (Å²) in [6.45, 7) is 1.41. The second kappa shape index (κ2) is 5.57. The fourth-order valence-corrected chi connectivity index (χ4v) is 3.74. The summed E-state index contributed by atoms with van der Waals surface area (Å²) in [5.74, 6) is 0.700. The Morgan fingerprint density at radius 1 is 1.32 bits per heavy atom. The minimum absolute atomic E-state index is 0.234. The highest BCUT2D eigenvalue weighted by atomic mass is 32.1. The fourth-order valence-electron chi connectivity index (χ4n) is 3.60. The first-order valence-electron chi connectivity index (χ1n) is 7.19. The summed E-state index contributed by atoms with van der Waals surface area (Å²) >= 11 is 4.91. The van der Waals surface area contributed by atoms with Crippen molar-refractivity contribution in [2.75, 3.05) is 18.0 Å². The lowest BCUT2D eigenvalue weighted by atomic mass is 9.92. The summed E-state index contributed by atoms with van der Waals surface area (Å²) < 4.78 is 38.4. The van der Waals surface area contributed by atoms with Crippen molar-refractivity contribution in [3.8, 4) is 0 Å². The van der Waals surface area contributed by atoms with E-state index in [-0.39, 0.29) is 6.04 Å². The summed E-state index contributed by atoms with van der Waals surface area (Å²) in [6, 6.07) is 2.99. The molecule has 4 nitrogen and oxygen atoms in total. The molecule has 0 spiro atoms. The molecule has 3 N–H and O–H groups in total. The van der Waals surface area contributed by atoms with Crippen molar-refractivity contribution in [2.24, 2.45) is 17.6 Å². The van der Waals surface area contributed by atoms with Crippen molar-refractivity contribution >= 4 is 23.0 Å². The predicted molar refractivity (Wildman–Crippen MR) is 81.4 cm³/mol. The summed E-state index contributed by atoms with van der Waals surface area (Å²) in [6.07, 6.45) is -1.11. The highest BCUT2D eigenvalue weighted by Crippen LogP contribution is 2.39. The molecular weight excluding hydrogens is 313 g/mol.